The summed E-state index contributed by atoms with van der Waals surface area (Å²) in [5, 5.41) is 15.1. The second-order valence-corrected chi connectivity index (χ2v) is 6.90. The Morgan fingerprint density at radius 1 is 1.25 bits per heavy atom. The molecule has 1 saturated heterocycles. The molecule has 2 amide bonds. The second-order valence-electron chi connectivity index (χ2n) is 6.90. The lowest BCUT2D eigenvalue weighted by atomic mass is 9.80. The summed E-state index contributed by atoms with van der Waals surface area (Å²) in [6.45, 7) is 4.45. The fourth-order valence-corrected chi connectivity index (χ4v) is 3.29. The van der Waals surface area contributed by atoms with Gasteiger partial charge in [-0.25, -0.2) is 0 Å². The van der Waals surface area contributed by atoms with Gasteiger partial charge in [0.2, 0.25) is 11.8 Å². The Balaban J connectivity index is 2.09. The molecule has 0 saturated carbocycles. The first kappa shape index (κ1) is 21.7. The second kappa shape index (κ2) is 10.1. The van der Waals surface area contributed by atoms with Crippen LogP contribution in [0.15, 0.2) is 24.3 Å². The highest BCUT2D eigenvalue weighted by Crippen LogP contribution is 2.31. The van der Waals surface area contributed by atoms with Crippen molar-refractivity contribution >= 4 is 17.8 Å². The molecule has 1 fully saturated rings. The highest BCUT2D eigenvalue weighted by molar-refractivity contribution is 5.81. The third-order valence-corrected chi connectivity index (χ3v) is 4.89. The predicted octanol–water partition coefficient (Wildman–Crippen LogP) is 1.65. The summed E-state index contributed by atoms with van der Waals surface area (Å²) in [5.74, 6) is -0.938. The molecule has 28 heavy (non-hydrogen) atoms. The van der Waals surface area contributed by atoms with E-state index in [0.29, 0.717) is 44.0 Å². The van der Waals surface area contributed by atoms with Crippen molar-refractivity contribution in [1.82, 2.24) is 10.6 Å². The topological polar surface area (TPSA) is 114 Å². The smallest absolute Gasteiger partial charge is 0.311 e. The molecule has 0 aliphatic carbocycles. The fourth-order valence-electron chi connectivity index (χ4n) is 3.29. The monoisotopic (exact) mass is 392 g/mol. The van der Waals surface area contributed by atoms with E-state index in [2.05, 4.69) is 10.6 Å². The Labute approximate surface area is 164 Å². The molecule has 1 aromatic carbocycles. The number of carbonyl (C=O) groups is 3. The molecule has 154 valence electrons. The standard InChI is InChI=1S/C20H28N2O6/c1-3-28-17-7-5-4-6-15(17)16(22-14(2)23)12-18(24)21-13-20(19(25)26)8-10-27-11-9-20/h4-7,16H,3,8-13H2,1-2H3,(H,21,24)(H,22,23)(H,25,26). The largest absolute Gasteiger partial charge is 0.494 e. The van der Waals surface area contributed by atoms with Gasteiger partial charge in [-0.3, -0.25) is 14.4 Å². The number of benzene rings is 1. The summed E-state index contributed by atoms with van der Waals surface area (Å²) < 4.78 is 10.9. The number of amides is 2. The Morgan fingerprint density at radius 3 is 2.54 bits per heavy atom. The minimum absolute atomic E-state index is 0.0180. The normalized spacial score (nSPS) is 16.6. The van der Waals surface area contributed by atoms with Crippen LogP contribution < -0.4 is 15.4 Å². The summed E-state index contributed by atoms with van der Waals surface area (Å²) in [7, 11) is 0. The van der Waals surface area contributed by atoms with Crippen molar-refractivity contribution in [2.45, 2.75) is 39.2 Å². The average molecular weight is 392 g/mol. The molecule has 8 heteroatoms. The van der Waals surface area contributed by atoms with Crippen LogP contribution in [-0.2, 0) is 19.1 Å². The van der Waals surface area contributed by atoms with Crippen LogP contribution in [-0.4, -0.2) is 49.3 Å². The number of hydrogen-bond acceptors (Lipinski definition) is 5. The molecule has 8 nitrogen and oxygen atoms in total. The summed E-state index contributed by atoms with van der Waals surface area (Å²) in [6, 6.07) is 6.65. The van der Waals surface area contributed by atoms with Crippen LogP contribution in [0.2, 0.25) is 0 Å². The van der Waals surface area contributed by atoms with Gasteiger partial charge in [0, 0.05) is 32.2 Å². The van der Waals surface area contributed by atoms with Gasteiger partial charge in [0.05, 0.1) is 24.5 Å². The van der Waals surface area contributed by atoms with Gasteiger partial charge in [-0.15, -0.1) is 0 Å². The van der Waals surface area contributed by atoms with Gasteiger partial charge < -0.3 is 25.2 Å². The van der Waals surface area contributed by atoms with E-state index in [4.69, 9.17) is 9.47 Å². The van der Waals surface area contributed by atoms with E-state index in [1.165, 1.54) is 6.92 Å². The summed E-state index contributed by atoms with van der Waals surface area (Å²) in [5.41, 5.74) is -0.311. The van der Waals surface area contributed by atoms with Crippen molar-refractivity contribution in [3.8, 4) is 5.75 Å². The van der Waals surface area contributed by atoms with Crippen LogP contribution in [0, 0.1) is 5.41 Å². The molecule has 3 N–H and O–H groups in total. The van der Waals surface area contributed by atoms with E-state index in [1.807, 2.05) is 19.1 Å². The zero-order valence-electron chi connectivity index (χ0n) is 16.3. The van der Waals surface area contributed by atoms with E-state index < -0.39 is 17.4 Å². The molecule has 0 bridgehead atoms. The van der Waals surface area contributed by atoms with Gasteiger partial charge in [-0.2, -0.15) is 0 Å². The molecule has 0 aromatic heterocycles. The van der Waals surface area contributed by atoms with Crippen molar-refractivity contribution in [2.24, 2.45) is 5.41 Å². The Bertz CT molecular complexity index is 700. The lowest BCUT2D eigenvalue weighted by Crippen LogP contribution is -2.47. The zero-order chi connectivity index (χ0) is 20.6. The van der Waals surface area contributed by atoms with Crippen LogP contribution in [0.1, 0.15) is 44.7 Å². The molecule has 1 atom stereocenters. The molecule has 1 aliphatic rings. The lowest BCUT2D eigenvalue weighted by molar-refractivity contribution is -0.154. The number of hydrogen-bond donors (Lipinski definition) is 3. The first-order valence-corrected chi connectivity index (χ1v) is 9.44. The van der Waals surface area contributed by atoms with E-state index in [0.717, 1.165) is 0 Å². The van der Waals surface area contributed by atoms with Crippen molar-refractivity contribution in [2.75, 3.05) is 26.4 Å². The number of aliphatic carboxylic acids is 1. The van der Waals surface area contributed by atoms with Crippen molar-refractivity contribution < 1.29 is 29.0 Å². The quantitative estimate of drug-likeness (QED) is 0.589. The van der Waals surface area contributed by atoms with Gasteiger partial charge >= 0.3 is 5.97 Å². The molecular weight excluding hydrogens is 364 g/mol. The van der Waals surface area contributed by atoms with Crippen LogP contribution in [0.25, 0.3) is 0 Å². The van der Waals surface area contributed by atoms with Crippen LogP contribution in [0.5, 0.6) is 5.75 Å². The highest BCUT2D eigenvalue weighted by atomic mass is 16.5. The zero-order valence-corrected chi connectivity index (χ0v) is 16.3. The highest BCUT2D eigenvalue weighted by Gasteiger charge is 2.40. The third-order valence-electron chi connectivity index (χ3n) is 4.89. The maximum atomic E-state index is 12.6. The Hall–Kier alpha value is -2.61. The number of carbonyl (C=O) groups excluding carboxylic acids is 2. The molecule has 1 aromatic rings. The summed E-state index contributed by atoms with van der Waals surface area (Å²) in [4.78, 5) is 35.9. The number of rotatable bonds is 9. The Kier molecular flexibility index (Phi) is 7.80. The van der Waals surface area contributed by atoms with Gasteiger partial charge in [-0.05, 0) is 25.8 Å². The fraction of sp³-hybridized carbons (Fsp3) is 0.550. The maximum Gasteiger partial charge on any atom is 0.311 e. The van der Waals surface area contributed by atoms with Crippen LogP contribution in [0.4, 0.5) is 0 Å². The molecule has 1 heterocycles. The summed E-state index contributed by atoms with van der Waals surface area (Å²) >= 11 is 0. The minimum atomic E-state index is -1.01. The van der Waals surface area contributed by atoms with Crippen LogP contribution >= 0.6 is 0 Å². The first-order chi connectivity index (χ1) is 13.4. The maximum absolute atomic E-state index is 12.6. The number of para-hydroxylation sites is 1. The van der Waals surface area contributed by atoms with Gasteiger partial charge in [0.25, 0.3) is 0 Å². The number of carboxylic acids is 1. The van der Waals surface area contributed by atoms with Gasteiger partial charge in [0.15, 0.2) is 0 Å². The van der Waals surface area contributed by atoms with Crippen molar-refractivity contribution in [3.05, 3.63) is 29.8 Å². The summed E-state index contributed by atoms with van der Waals surface area (Å²) in [6.07, 6.45) is 0.686. The third kappa shape index (κ3) is 5.69. The average Bonchev–Trinajstić information content (AvgIpc) is 2.67. The molecule has 0 radical (unpaired) electrons. The molecule has 1 aliphatic heterocycles. The first-order valence-electron chi connectivity index (χ1n) is 9.44. The molecule has 1 unspecified atom stereocenters. The van der Waals surface area contributed by atoms with E-state index in [1.54, 1.807) is 12.1 Å². The number of nitrogens with one attached hydrogen (secondary N) is 2. The molecular formula is C20H28N2O6. The van der Waals surface area contributed by atoms with Crippen LogP contribution in [0.3, 0.4) is 0 Å². The molecule has 0 spiro atoms. The minimum Gasteiger partial charge on any atom is -0.494 e. The SMILES string of the molecule is CCOc1ccccc1C(CC(=O)NCC1(C(=O)O)CCOCC1)NC(C)=O. The van der Waals surface area contributed by atoms with E-state index >= 15 is 0 Å². The predicted molar refractivity (Wildman–Crippen MR) is 102 cm³/mol. The van der Waals surface area contributed by atoms with Gasteiger partial charge in [-0.1, -0.05) is 18.2 Å². The number of ether oxygens (including phenoxy) is 2. The van der Waals surface area contributed by atoms with Gasteiger partial charge in [0.1, 0.15) is 5.75 Å². The van der Waals surface area contributed by atoms with E-state index in [9.17, 15) is 19.5 Å². The lowest BCUT2D eigenvalue weighted by Gasteiger charge is -2.33. The number of carboxylic acid groups (broad SMARTS) is 1. The molecule has 2 rings (SSSR count). The van der Waals surface area contributed by atoms with E-state index in [-0.39, 0.29) is 24.8 Å². The van der Waals surface area contributed by atoms with Crippen molar-refractivity contribution in [3.63, 3.8) is 0 Å². The van der Waals surface area contributed by atoms with Crippen molar-refractivity contribution in [1.29, 1.82) is 0 Å². The Morgan fingerprint density at radius 2 is 1.93 bits per heavy atom.